The van der Waals surface area contributed by atoms with Gasteiger partial charge in [-0.15, -0.1) is 0 Å². The van der Waals surface area contributed by atoms with Crippen molar-refractivity contribution in [2.45, 2.75) is 14.7 Å². The second-order valence-corrected chi connectivity index (χ2v) is 10.3. The molecule has 0 aliphatic heterocycles. The summed E-state index contributed by atoms with van der Waals surface area (Å²) < 4.78 is 35.8. The number of rotatable bonds is 5. The third kappa shape index (κ3) is 4.86. The molecule has 36 heavy (non-hydrogen) atoms. The van der Waals surface area contributed by atoms with Gasteiger partial charge in [0.15, 0.2) is 11.6 Å². The number of anilines is 3. The SMILES string of the molecule is Nc1c(S(=O)(=O)[O-])cc(Nc2ccc(Sc3ccccc3)cc2)c2c1C(=O)c1ccccc1C2=O.[Na+]. The topological polar surface area (TPSA) is 129 Å². The van der Waals surface area contributed by atoms with Crippen molar-refractivity contribution in [3.8, 4) is 0 Å². The second-order valence-electron chi connectivity index (χ2n) is 7.81. The first-order chi connectivity index (χ1) is 16.7. The van der Waals surface area contributed by atoms with E-state index in [0.29, 0.717) is 5.69 Å². The van der Waals surface area contributed by atoms with E-state index in [9.17, 15) is 22.6 Å². The summed E-state index contributed by atoms with van der Waals surface area (Å²) in [5, 5.41) is 3.00. The number of fused-ring (bicyclic) bond motifs is 2. The summed E-state index contributed by atoms with van der Waals surface area (Å²) in [4.78, 5) is 27.8. The Hall–Kier alpha value is -2.92. The maximum Gasteiger partial charge on any atom is 1.00 e. The standard InChI is InChI=1S/C26H18N2O5S2.Na/c27-24-21(35(31,32)33)14-20(22-23(24)26(30)19-9-5-4-8-18(19)25(22)29)28-15-10-12-17(13-11-15)34-16-6-2-1-3-7-16;/h1-14,28H,27H2,(H,31,32,33);/q;+1/p-1. The van der Waals surface area contributed by atoms with E-state index < -0.39 is 32.3 Å². The number of hydrogen-bond acceptors (Lipinski definition) is 8. The van der Waals surface area contributed by atoms with E-state index in [1.165, 1.54) is 12.1 Å². The van der Waals surface area contributed by atoms with Crippen LogP contribution < -0.4 is 40.6 Å². The van der Waals surface area contributed by atoms with Gasteiger partial charge in [0.2, 0.25) is 0 Å². The summed E-state index contributed by atoms with van der Waals surface area (Å²) >= 11 is 1.56. The number of nitrogens with two attached hydrogens (primary N) is 1. The van der Waals surface area contributed by atoms with Gasteiger partial charge in [-0.1, -0.05) is 54.2 Å². The summed E-state index contributed by atoms with van der Waals surface area (Å²) in [6.07, 6.45) is 0. The summed E-state index contributed by atoms with van der Waals surface area (Å²) in [5.41, 5.74) is 5.92. The average molecular weight is 525 g/mol. The molecule has 0 heterocycles. The fourth-order valence-electron chi connectivity index (χ4n) is 3.99. The van der Waals surface area contributed by atoms with E-state index >= 15 is 0 Å². The van der Waals surface area contributed by atoms with Crippen LogP contribution in [0.2, 0.25) is 0 Å². The average Bonchev–Trinajstić information content (AvgIpc) is 2.84. The van der Waals surface area contributed by atoms with Crippen molar-refractivity contribution in [3.63, 3.8) is 0 Å². The number of nitrogens with one attached hydrogen (secondary N) is 1. The van der Waals surface area contributed by atoms with E-state index in [1.54, 1.807) is 36.0 Å². The van der Waals surface area contributed by atoms with Gasteiger partial charge >= 0.3 is 29.6 Å². The molecule has 5 rings (SSSR count). The van der Waals surface area contributed by atoms with Gasteiger partial charge in [-0.25, -0.2) is 8.42 Å². The predicted octanol–water partition coefficient (Wildman–Crippen LogP) is 1.85. The molecule has 0 spiro atoms. The number of nitrogen functional groups attached to an aromatic ring is 1. The van der Waals surface area contributed by atoms with E-state index in [-0.39, 0.29) is 57.5 Å². The van der Waals surface area contributed by atoms with Crippen LogP contribution in [0.1, 0.15) is 31.8 Å². The fourth-order valence-corrected chi connectivity index (χ4v) is 5.46. The van der Waals surface area contributed by atoms with E-state index in [0.717, 1.165) is 15.9 Å². The zero-order valence-corrected chi connectivity index (χ0v) is 22.7. The normalized spacial score (nSPS) is 12.4. The minimum absolute atomic E-state index is 0. The van der Waals surface area contributed by atoms with Crippen LogP contribution >= 0.6 is 11.8 Å². The Morgan fingerprint density at radius 2 is 1.28 bits per heavy atom. The molecule has 0 fully saturated rings. The van der Waals surface area contributed by atoms with Crippen molar-refractivity contribution in [1.82, 2.24) is 0 Å². The third-order valence-corrected chi connectivity index (χ3v) is 7.47. The molecule has 4 aromatic carbocycles. The van der Waals surface area contributed by atoms with Crippen molar-refractivity contribution < 1.29 is 52.1 Å². The van der Waals surface area contributed by atoms with E-state index in [4.69, 9.17) is 5.73 Å². The first kappa shape index (κ1) is 26.2. The molecule has 4 aromatic rings. The van der Waals surface area contributed by atoms with Crippen LogP contribution in [0.25, 0.3) is 0 Å². The van der Waals surface area contributed by atoms with Crippen molar-refractivity contribution in [3.05, 3.63) is 107 Å². The molecule has 174 valence electrons. The van der Waals surface area contributed by atoms with E-state index in [2.05, 4.69) is 5.32 Å². The fraction of sp³-hybridized carbons (Fsp3) is 0. The number of carbonyl (C=O) groups is 2. The molecule has 0 radical (unpaired) electrons. The van der Waals surface area contributed by atoms with Crippen LogP contribution in [0.5, 0.6) is 0 Å². The molecule has 0 saturated carbocycles. The van der Waals surface area contributed by atoms with Gasteiger partial charge < -0.3 is 15.6 Å². The quantitative estimate of drug-likeness (QED) is 0.203. The summed E-state index contributed by atoms with van der Waals surface area (Å²) in [5.74, 6) is -1.11. The molecule has 1 aliphatic carbocycles. The van der Waals surface area contributed by atoms with Gasteiger partial charge in [0.25, 0.3) is 0 Å². The van der Waals surface area contributed by atoms with Crippen molar-refractivity contribution in [2.75, 3.05) is 11.1 Å². The maximum absolute atomic E-state index is 13.4. The van der Waals surface area contributed by atoms with Crippen LogP contribution in [0.4, 0.5) is 17.1 Å². The molecule has 0 saturated heterocycles. The Bertz CT molecular complexity index is 1610. The van der Waals surface area contributed by atoms with Crippen LogP contribution in [0.15, 0.2) is 99.6 Å². The number of carbonyl (C=O) groups excluding carboxylic acids is 2. The van der Waals surface area contributed by atoms with Gasteiger partial charge in [0, 0.05) is 26.6 Å². The summed E-state index contributed by atoms with van der Waals surface area (Å²) in [6, 6.07) is 24.2. The van der Waals surface area contributed by atoms with Gasteiger partial charge in [-0.05, 0) is 42.5 Å². The summed E-state index contributed by atoms with van der Waals surface area (Å²) in [6.45, 7) is 0. The molecular weight excluding hydrogens is 507 g/mol. The predicted molar refractivity (Wildman–Crippen MR) is 132 cm³/mol. The monoisotopic (exact) mass is 524 g/mol. The van der Waals surface area contributed by atoms with Crippen LogP contribution in [0.3, 0.4) is 0 Å². The largest absolute Gasteiger partial charge is 1.00 e. The minimum Gasteiger partial charge on any atom is -0.744 e. The van der Waals surface area contributed by atoms with Crippen molar-refractivity contribution in [2.24, 2.45) is 0 Å². The van der Waals surface area contributed by atoms with Gasteiger partial charge in [-0.2, -0.15) is 0 Å². The van der Waals surface area contributed by atoms with Crippen molar-refractivity contribution in [1.29, 1.82) is 0 Å². The Morgan fingerprint density at radius 1 is 0.750 bits per heavy atom. The molecule has 10 heteroatoms. The molecule has 0 unspecified atom stereocenters. The van der Waals surface area contributed by atoms with Gasteiger partial charge in [0.05, 0.1) is 27.4 Å². The van der Waals surface area contributed by atoms with Crippen LogP contribution in [-0.4, -0.2) is 24.5 Å². The third-order valence-electron chi connectivity index (χ3n) is 5.58. The van der Waals surface area contributed by atoms with Crippen LogP contribution in [0, 0.1) is 0 Å². The Kier molecular flexibility index (Phi) is 7.42. The molecule has 3 N–H and O–H groups in total. The second kappa shape index (κ2) is 10.2. The summed E-state index contributed by atoms with van der Waals surface area (Å²) in [7, 11) is -5.02. The maximum atomic E-state index is 13.4. The molecule has 1 aliphatic rings. The molecule has 0 bridgehead atoms. The molecule has 7 nitrogen and oxygen atoms in total. The first-order valence-electron chi connectivity index (χ1n) is 10.4. The van der Waals surface area contributed by atoms with Gasteiger partial charge in [-0.3, -0.25) is 9.59 Å². The molecule has 0 atom stereocenters. The van der Waals surface area contributed by atoms with Crippen LogP contribution in [-0.2, 0) is 10.1 Å². The Labute approximate surface area is 234 Å². The molecule has 0 aromatic heterocycles. The molecule has 0 amide bonds. The zero-order chi connectivity index (χ0) is 24.7. The molecular formula is C26H17N2NaO5S2. The number of hydrogen-bond donors (Lipinski definition) is 2. The van der Waals surface area contributed by atoms with E-state index in [1.807, 2.05) is 42.5 Å². The smallest absolute Gasteiger partial charge is 0.744 e. The zero-order valence-electron chi connectivity index (χ0n) is 19.0. The Morgan fingerprint density at radius 3 is 1.86 bits per heavy atom. The minimum atomic E-state index is -5.02. The first-order valence-corrected chi connectivity index (χ1v) is 12.7. The number of benzene rings is 4. The number of ketones is 2. The van der Waals surface area contributed by atoms with Gasteiger partial charge in [0.1, 0.15) is 10.1 Å². The Balaban J connectivity index is 0.00000304. The van der Waals surface area contributed by atoms with Crippen molar-refractivity contribution >= 4 is 50.5 Å².